The first kappa shape index (κ1) is 26.3. The molecule has 10 nitrogen and oxygen atoms in total. The second-order valence-electron chi connectivity index (χ2n) is 10.8. The Hall–Kier alpha value is -2.33. The van der Waals surface area contributed by atoms with E-state index < -0.39 is 76.7 Å². The maximum atomic E-state index is 13.9. The maximum absolute atomic E-state index is 13.9. The highest BCUT2D eigenvalue weighted by Crippen LogP contribution is 2.63. The Labute approximate surface area is 199 Å². The molecule has 3 saturated heterocycles. The Bertz CT molecular complexity index is 843. The smallest absolute Gasteiger partial charge is 0.307 e. The molecule has 0 radical (unpaired) electrons. The molecule has 0 spiro atoms. The zero-order valence-corrected chi connectivity index (χ0v) is 20.7. The fourth-order valence-electron chi connectivity index (χ4n) is 6.01. The van der Waals surface area contributed by atoms with Crippen molar-refractivity contribution in [1.29, 1.82) is 0 Å². The Morgan fingerprint density at radius 1 is 0.794 bits per heavy atom. The summed E-state index contributed by atoms with van der Waals surface area (Å²) in [5.41, 5.74) is -4.89. The second-order valence-corrected chi connectivity index (χ2v) is 10.8. The van der Waals surface area contributed by atoms with Crippen LogP contribution in [0.5, 0.6) is 0 Å². The van der Waals surface area contributed by atoms with Gasteiger partial charge in [0, 0.05) is 13.1 Å². The van der Waals surface area contributed by atoms with Crippen LogP contribution in [0.3, 0.4) is 0 Å². The molecule has 190 valence electrons. The fourth-order valence-corrected chi connectivity index (χ4v) is 6.01. The number of ether oxygens (including phenoxy) is 3. The molecule has 3 aliphatic heterocycles. The van der Waals surface area contributed by atoms with Crippen LogP contribution >= 0.6 is 0 Å². The summed E-state index contributed by atoms with van der Waals surface area (Å²) in [4.78, 5) is 67.4. The monoisotopic (exact) mass is 481 g/mol. The van der Waals surface area contributed by atoms with Crippen molar-refractivity contribution in [3.05, 3.63) is 0 Å². The summed E-state index contributed by atoms with van der Waals surface area (Å²) < 4.78 is 15.8. The maximum Gasteiger partial charge on any atom is 0.307 e. The van der Waals surface area contributed by atoms with Crippen molar-refractivity contribution in [2.75, 3.05) is 13.1 Å². The average Bonchev–Trinajstić information content (AvgIpc) is 2.66. The third-order valence-electron chi connectivity index (χ3n) is 6.74. The van der Waals surface area contributed by atoms with E-state index in [2.05, 4.69) is 0 Å². The van der Waals surface area contributed by atoms with Crippen LogP contribution in [0.2, 0.25) is 0 Å². The first-order valence-corrected chi connectivity index (χ1v) is 11.8. The summed E-state index contributed by atoms with van der Waals surface area (Å²) >= 11 is 0. The first-order valence-electron chi connectivity index (χ1n) is 11.8. The van der Waals surface area contributed by atoms with Crippen LogP contribution in [0.1, 0.15) is 67.2 Å². The van der Waals surface area contributed by atoms with Gasteiger partial charge in [0.15, 0.2) is 11.6 Å². The third-order valence-corrected chi connectivity index (χ3v) is 6.74. The molecule has 4 fully saturated rings. The minimum absolute atomic E-state index is 0.0232. The highest BCUT2D eigenvalue weighted by atomic mass is 16.5. The van der Waals surface area contributed by atoms with Gasteiger partial charge in [0.1, 0.15) is 11.6 Å². The van der Waals surface area contributed by atoms with E-state index in [4.69, 9.17) is 14.2 Å². The van der Waals surface area contributed by atoms with Crippen molar-refractivity contribution in [2.45, 2.75) is 91.8 Å². The van der Waals surface area contributed by atoms with Crippen molar-refractivity contribution in [3.8, 4) is 0 Å². The van der Waals surface area contributed by atoms with Gasteiger partial charge in [0.25, 0.3) is 0 Å². The van der Waals surface area contributed by atoms with Gasteiger partial charge in [-0.15, -0.1) is 0 Å². The molecule has 34 heavy (non-hydrogen) atoms. The zero-order valence-electron chi connectivity index (χ0n) is 20.7. The van der Waals surface area contributed by atoms with Crippen LogP contribution in [0, 0.1) is 16.2 Å². The van der Waals surface area contributed by atoms with E-state index in [0.29, 0.717) is 0 Å². The summed E-state index contributed by atoms with van der Waals surface area (Å²) in [6.45, 7) is 10.0. The molecule has 1 aliphatic carbocycles. The minimum Gasteiger partial charge on any atom is -0.463 e. The van der Waals surface area contributed by atoms with Gasteiger partial charge in [-0.25, -0.2) is 0 Å². The summed E-state index contributed by atoms with van der Waals surface area (Å²) in [6.07, 6.45) is -4.22. The molecule has 3 unspecified atom stereocenters. The van der Waals surface area contributed by atoms with Gasteiger partial charge in [-0.2, -0.15) is 0 Å². The fraction of sp³-hybridized carbons (Fsp3) is 0.792. The number of carbonyl (C=O) groups excluding carboxylic acids is 5. The number of nitrogens with zero attached hydrogens (tertiary/aromatic N) is 1. The number of hydrogen-bond donors (Lipinski definition) is 1. The van der Waals surface area contributed by atoms with Crippen molar-refractivity contribution in [1.82, 2.24) is 4.90 Å². The molecule has 5 atom stereocenters. The standard InChI is InChI=1S/C24H35NO9/c1-13(2)32-16(26)7-22-10-23(8-17(27)33-14(3)4)12-25(11-22)21(31)24(19(22)29,20(23)30)9-18(28)34-15(5)6/h13-15,21,31H,7-12H2,1-6H3/t21?,22-,23+,24?. The van der Waals surface area contributed by atoms with Crippen LogP contribution in [0.25, 0.3) is 0 Å². The van der Waals surface area contributed by atoms with Gasteiger partial charge in [0.2, 0.25) is 0 Å². The number of rotatable bonds is 9. The minimum atomic E-state index is -2.13. The van der Waals surface area contributed by atoms with Crippen molar-refractivity contribution in [3.63, 3.8) is 0 Å². The molecule has 3 heterocycles. The highest BCUT2D eigenvalue weighted by Gasteiger charge is 2.77. The SMILES string of the molecule is CC(C)OC(=O)CC12C(=O)[C@@]3(CC(=O)OC(C)C)CN(C[C@](CC(=O)OC(C)C)(C3)C1=O)C2O. The number of ketones is 2. The lowest BCUT2D eigenvalue weighted by molar-refractivity contribution is -0.237. The first-order chi connectivity index (χ1) is 15.7. The molecule has 1 saturated carbocycles. The van der Waals surface area contributed by atoms with E-state index >= 15 is 0 Å². The molecule has 4 rings (SSSR count). The second kappa shape index (κ2) is 9.03. The van der Waals surface area contributed by atoms with Gasteiger partial charge < -0.3 is 19.3 Å². The summed E-state index contributed by atoms with van der Waals surface area (Å²) in [6, 6.07) is 0. The Morgan fingerprint density at radius 3 is 1.50 bits per heavy atom. The molecule has 10 heteroatoms. The highest BCUT2D eigenvalue weighted by molar-refractivity contribution is 6.18. The van der Waals surface area contributed by atoms with Crippen LogP contribution in [0.15, 0.2) is 0 Å². The quantitative estimate of drug-likeness (QED) is 0.290. The molecular formula is C24H35NO9. The third kappa shape index (κ3) is 4.37. The number of carbonyl (C=O) groups is 5. The van der Waals surface area contributed by atoms with Gasteiger partial charge in [0.05, 0.1) is 48.4 Å². The number of Topliss-reactive ketones (excluding diaryl/α,β-unsaturated/α-hetero) is 2. The number of hydrogen-bond acceptors (Lipinski definition) is 10. The van der Waals surface area contributed by atoms with Crippen LogP contribution < -0.4 is 0 Å². The molecule has 1 N–H and O–H groups in total. The average molecular weight is 482 g/mol. The normalized spacial score (nSPS) is 34.2. The van der Waals surface area contributed by atoms with E-state index in [-0.39, 0.29) is 32.4 Å². The molecule has 0 aromatic heterocycles. The molecule has 4 aliphatic rings. The summed E-state index contributed by atoms with van der Waals surface area (Å²) in [5.74, 6) is -3.37. The van der Waals surface area contributed by atoms with E-state index in [0.717, 1.165) is 0 Å². The topological polar surface area (TPSA) is 137 Å². The summed E-state index contributed by atoms with van der Waals surface area (Å²) in [5, 5.41) is 11.1. The molecule has 4 bridgehead atoms. The lowest BCUT2D eigenvalue weighted by atomic mass is 9.43. The zero-order chi connectivity index (χ0) is 25.6. The summed E-state index contributed by atoms with van der Waals surface area (Å²) in [7, 11) is 0. The van der Waals surface area contributed by atoms with Gasteiger partial charge in [-0.1, -0.05) is 0 Å². The van der Waals surface area contributed by atoms with Crippen molar-refractivity contribution in [2.24, 2.45) is 16.2 Å². The Morgan fingerprint density at radius 2 is 1.15 bits per heavy atom. The van der Waals surface area contributed by atoms with Gasteiger partial charge in [-0.05, 0) is 48.0 Å². The van der Waals surface area contributed by atoms with E-state index in [1.807, 2.05) is 0 Å². The number of piperidine rings is 3. The van der Waals surface area contributed by atoms with Crippen LogP contribution in [-0.4, -0.2) is 77.1 Å². The predicted octanol–water partition coefficient (Wildman–Crippen LogP) is 1.16. The van der Waals surface area contributed by atoms with Gasteiger partial charge in [-0.3, -0.25) is 28.9 Å². The Balaban J connectivity index is 2.08. The van der Waals surface area contributed by atoms with E-state index in [1.165, 1.54) is 4.90 Å². The predicted molar refractivity (Wildman–Crippen MR) is 117 cm³/mol. The lowest BCUT2D eigenvalue weighted by Gasteiger charge is -2.66. The molecule has 0 amide bonds. The molecule has 0 aromatic carbocycles. The lowest BCUT2D eigenvalue weighted by Crippen LogP contribution is -2.81. The largest absolute Gasteiger partial charge is 0.463 e. The van der Waals surface area contributed by atoms with E-state index in [1.54, 1.807) is 41.5 Å². The molecule has 0 aromatic rings. The number of aliphatic hydroxyl groups is 1. The number of esters is 3. The van der Waals surface area contributed by atoms with Crippen molar-refractivity contribution >= 4 is 29.5 Å². The van der Waals surface area contributed by atoms with Crippen molar-refractivity contribution < 1.29 is 43.3 Å². The van der Waals surface area contributed by atoms with Gasteiger partial charge >= 0.3 is 17.9 Å². The van der Waals surface area contributed by atoms with Crippen LogP contribution in [-0.2, 0) is 38.2 Å². The molecular weight excluding hydrogens is 446 g/mol. The number of aliphatic hydroxyl groups excluding tert-OH is 1. The Kier molecular flexibility index (Phi) is 6.98. The van der Waals surface area contributed by atoms with Crippen LogP contribution in [0.4, 0.5) is 0 Å². The van der Waals surface area contributed by atoms with E-state index in [9.17, 15) is 29.1 Å².